The molecule has 0 radical (unpaired) electrons. The normalized spacial score (nSPS) is 14.6. The molecule has 0 fully saturated rings. The van der Waals surface area contributed by atoms with Crippen LogP contribution in [0.25, 0.3) is 0 Å². The molecule has 3 aromatic rings. The Bertz CT molecular complexity index is 1400. The van der Waals surface area contributed by atoms with Crippen LogP contribution in [0.3, 0.4) is 0 Å². The number of fused-ring (bicyclic) bond motifs is 1. The van der Waals surface area contributed by atoms with Gasteiger partial charge in [-0.1, -0.05) is 29.8 Å². The Morgan fingerprint density at radius 3 is 2.17 bits per heavy atom. The number of amides is 2. The van der Waals surface area contributed by atoms with Gasteiger partial charge in [0.15, 0.2) is 0 Å². The van der Waals surface area contributed by atoms with Crippen LogP contribution in [0.15, 0.2) is 36.4 Å². The number of nitrogens with zero attached hydrogens (tertiary/aromatic N) is 4. The number of aromatic nitrogens is 3. The molecule has 2 aromatic carbocycles. The monoisotopic (exact) mass is 538 g/mol. The predicted octanol–water partition coefficient (Wildman–Crippen LogP) is 5.76. The summed E-state index contributed by atoms with van der Waals surface area (Å²) in [6.45, 7) is 0.455. The molecule has 4 rings (SSSR count). The Hall–Kier alpha value is -3.55. The maximum Gasteiger partial charge on any atom is 0.461 e. The molecular weight excluding hydrogens is 528 g/mol. The molecule has 36 heavy (non-hydrogen) atoms. The van der Waals surface area contributed by atoms with Gasteiger partial charge in [-0.3, -0.25) is 9.59 Å². The number of rotatable bonds is 4. The van der Waals surface area contributed by atoms with E-state index in [4.69, 9.17) is 11.6 Å². The van der Waals surface area contributed by atoms with E-state index in [0.717, 1.165) is 11.0 Å². The van der Waals surface area contributed by atoms with Crippen LogP contribution in [0.4, 0.5) is 40.8 Å². The summed E-state index contributed by atoms with van der Waals surface area (Å²) in [6.07, 6.45) is -11.6. The molecule has 1 aliphatic heterocycles. The predicted molar refractivity (Wildman–Crippen MR) is 108 cm³/mol. The van der Waals surface area contributed by atoms with Crippen molar-refractivity contribution in [1.82, 2.24) is 14.8 Å². The van der Waals surface area contributed by atoms with Crippen molar-refractivity contribution >= 4 is 29.1 Å². The van der Waals surface area contributed by atoms with E-state index in [9.17, 15) is 44.7 Å². The van der Waals surface area contributed by atoms with Crippen molar-refractivity contribution in [2.24, 2.45) is 0 Å². The van der Waals surface area contributed by atoms with Gasteiger partial charge in [-0.05, 0) is 36.2 Å². The van der Waals surface area contributed by atoms with Crippen molar-refractivity contribution in [2.75, 3.05) is 4.90 Å². The van der Waals surface area contributed by atoms with Crippen molar-refractivity contribution in [2.45, 2.75) is 31.7 Å². The Balaban J connectivity index is 1.71. The summed E-state index contributed by atoms with van der Waals surface area (Å²) in [6, 6.07) is 7.79. The number of halogens is 9. The first kappa shape index (κ1) is 25.5. The first-order chi connectivity index (χ1) is 16.5. The summed E-state index contributed by atoms with van der Waals surface area (Å²) in [4.78, 5) is 28.8. The number of carbonyl (C=O) groups excluding carboxylic acids is 2. The Morgan fingerprint density at radius 2 is 1.61 bits per heavy atom. The van der Waals surface area contributed by atoms with Crippen molar-refractivity contribution in [3.8, 4) is 0 Å². The molecule has 0 spiro atoms. The van der Waals surface area contributed by atoms with Gasteiger partial charge in [-0.25, -0.2) is 14.6 Å². The smallest absolute Gasteiger partial charge is 0.268 e. The summed E-state index contributed by atoms with van der Waals surface area (Å²) in [5.41, 5.74) is 0.199. The highest BCUT2D eigenvalue weighted by atomic mass is 35.5. The molecule has 0 N–H and O–H groups in total. The summed E-state index contributed by atoms with van der Waals surface area (Å²) in [5, 5.41) is 2.85. The minimum absolute atomic E-state index is 0.0334. The summed E-state index contributed by atoms with van der Waals surface area (Å²) < 4.78 is 105. The van der Waals surface area contributed by atoms with Crippen LogP contribution in [0.2, 0.25) is 5.02 Å². The molecule has 15 heteroatoms. The van der Waals surface area contributed by atoms with Gasteiger partial charge in [-0.2, -0.15) is 35.1 Å². The Morgan fingerprint density at radius 1 is 0.944 bits per heavy atom. The van der Waals surface area contributed by atoms with Crippen LogP contribution in [-0.4, -0.2) is 32.8 Å². The highest BCUT2D eigenvalue weighted by Gasteiger charge is 2.62. The highest BCUT2D eigenvalue weighted by Crippen LogP contribution is 2.44. The lowest BCUT2D eigenvalue weighted by Gasteiger charge is -2.20. The van der Waals surface area contributed by atoms with Crippen molar-refractivity contribution in [3.63, 3.8) is 0 Å². The lowest BCUT2D eigenvalue weighted by Crippen LogP contribution is -2.37. The first-order valence-corrected chi connectivity index (χ1v) is 10.2. The van der Waals surface area contributed by atoms with E-state index in [1.807, 2.05) is 0 Å². The van der Waals surface area contributed by atoms with Crippen molar-refractivity contribution in [1.29, 1.82) is 0 Å². The maximum absolute atomic E-state index is 13.9. The molecule has 2 amide bonds. The fourth-order valence-electron chi connectivity index (χ4n) is 3.63. The number of imide groups is 1. The van der Waals surface area contributed by atoms with Gasteiger partial charge in [0.2, 0.25) is 5.82 Å². The third-order valence-corrected chi connectivity index (χ3v) is 5.58. The summed E-state index contributed by atoms with van der Waals surface area (Å²) in [7, 11) is 0. The Kier molecular flexibility index (Phi) is 5.85. The first-order valence-electron chi connectivity index (χ1n) is 9.78. The van der Waals surface area contributed by atoms with Crippen LogP contribution in [0, 0.1) is 6.92 Å². The second-order valence-electron chi connectivity index (χ2n) is 7.72. The topological polar surface area (TPSA) is 68.1 Å². The summed E-state index contributed by atoms with van der Waals surface area (Å²) >= 11 is 6.02. The largest absolute Gasteiger partial charge is 0.461 e. The minimum atomic E-state index is -6.23. The molecule has 0 unspecified atom stereocenters. The number of hydrogen-bond acceptors (Lipinski definition) is 4. The molecule has 6 nitrogen and oxygen atoms in total. The van der Waals surface area contributed by atoms with Gasteiger partial charge >= 0.3 is 18.3 Å². The molecule has 0 saturated carbocycles. The number of alkyl halides is 8. The zero-order valence-corrected chi connectivity index (χ0v) is 18.4. The fraction of sp³-hybridized carbons (Fsp3) is 0.238. The van der Waals surface area contributed by atoms with Crippen LogP contribution in [0.1, 0.15) is 43.5 Å². The standard InChI is InChI=1S/C21H11ClF8N4O2/c1-9-7-10(5-6-13(9)34-15(35)11-3-2-4-12(22)14(11)16(34)36)8-33-18(19(23,24)21(28,29)30)31-17(32-33)20(25,26)27/h2-7H,8H2,1H3. The minimum Gasteiger partial charge on any atom is -0.268 e. The third-order valence-electron chi connectivity index (χ3n) is 5.26. The molecule has 0 atom stereocenters. The molecule has 2 heterocycles. The van der Waals surface area contributed by atoms with E-state index < -0.39 is 48.3 Å². The van der Waals surface area contributed by atoms with Crippen LogP contribution < -0.4 is 4.90 Å². The van der Waals surface area contributed by atoms with E-state index in [1.165, 1.54) is 37.3 Å². The van der Waals surface area contributed by atoms with E-state index in [2.05, 4.69) is 10.1 Å². The Labute approximate surface area is 201 Å². The van der Waals surface area contributed by atoms with Gasteiger partial charge < -0.3 is 0 Å². The number of benzene rings is 2. The zero-order valence-electron chi connectivity index (χ0n) is 17.7. The van der Waals surface area contributed by atoms with Gasteiger partial charge in [0.1, 0.15) is 0 Å². The number of carbonyl (C=O) groups is 2. The fourth-order valence-corrected chi connectivity index (χ4v) is 3.89. The van der Waals surface area contributed by atoms with Crippen LogP contribution >= 0.6 is 11.6 Å². The van der Waals surface area contributed by atoms with Gasteiger partial charge in [0.05, 0.1) is 28.4 Å². The molecule has 0 aliphatic carbocycles. The second-order valence-corrected chi connectivity index (χ2v) is 8.12. The van der Waals surface area contributed by atoms with E-state index in [-0.39, 0.29) is 37.6 Å². The molecule has 0 bridgehead atoms. The van der Waals surface area contributed by atoms with Crippen molar-refractivity contribution in [3.05, 3.63) is 75.3 Å². The summed E-state index contributed by atoms with van der Waals surface area (Å²) in [5.74, 6) is -11.6. The molecular formula is C21H11ClF8N4O2. The van der Waals surface area contributed by atoms with Gasteiger partial charge in [-0.15, -0.1) is 5.10 Å². The third kappa shape index (κ3) is 4.08. The molecule has 1 aromatic heterocycles. The van der Waals surface area contributed by atoms with E-state index in [1.54, 1.807) is 0 Å². The van der Waals surface area contributed by atoms with Crippen molar-refractivity contribution < 1.29 is 44.7 Å². The second kappa shape index (κ2) is 8.25. The quantitative estimate of drug-likeness (QED) is 0.313. The highest BCUT2D eigenvalue weighted by molar-refractivity contribution is 6.42. The van der Waals surface area contributed by atoms with E-state index in [0.29, 0.717) is 0 Å². The maximum atomic E-state index is 13.9. The van der Waals surface area contributed by atoms with Gasteiger partial charge in [0, 0.05) is 0 Å². The molecule has 1 aliphatic rings. The molecule has 190 valence electrons. The molecule has 0 saturated heterocycles. The van der Waals surface area contributed by atoms with Gasteiger partial charge in [0.25, 0.3) is 17.6 Å². The lowest BCUT2D eigenvalue weighted by molar-refractivity contribution is -0.293. The average Bonchev–Trinajstić information content (AvgIpc) is 3.29. The average molecular weight is 539 g/mol. The van der Waals surface area contributed by atoms with E-state index >= 15 is 0 Å². The zero-order chi connectivity index (χ0) is 26.8. The SMILES string of the molecule is Cc1cc(Cn2nc(C(F)(F)F)nc2C(F)(F)C(F)(F)F)ccc1N1C(=O)c2cccc(Cl)c2C1=O. The van der Waals surface area contributed by atoms with Crippen LogP contribution in [0.5, 0.6) is 0 Å². The van der Waals surface area contributed by atoms with Crippen LogP contribution in [-0.2, 0) is 18.6 Å². The number of anilines is 1. The number of hydrogen-bond donors (Lipinski definition) is 0. The number of aryl methyl sites for hydroxylation is 1. The lowest BCUT2D eigenvalue weighted by atomic mass is 10.1.